The molecule has 1 amide bonds. The monoisotopic (exact) mass is 371 g/mol. The summed E-state index contributed by atoms with van der Waals surface area (Å²) >= 11 is 1.71. The molecular weight excluding hydrogens is 350 g/mol. The fraction of sp³-hybridized carbons (Fsp3) is 0.556. The average Bonchev–Trinajstić information content (AvgIpc) is 3.33. The molecule has 0 unspecified atom stereocenters. The summed E-state index contributed by atoms with van der Waals surface area (Å²) in [6, 6.07) is 0.243. The molecule has 3 aromatic rings. The van der Waals surface area contributed by atoms with E-state index < -0.39 is 0 Å². The SMILES string of the molecule is O=C(Cn1nc2c3c4c(sc3ncn2c1=O)CCCC4)NC1CCCC1. The summed E-state index contributed by atoms with van der Waals surface area (Å²) in [7, 11) is 0. The third-order valence-electron chi connectivity index (χ3n) is 5.55. The second kappa shape index (κ2) is 6.19. The smallest absolute Gasteiger partial charge is 0.352 e. The molecule has 0 aliphatic heterocycles. The van der Waals surface area contributed by atoms with Crippen LogP contribution in [0.4, 0.5) is 0 Å². The van der Waals surface area contributed by atoms with Crippen molar-refractivity contribution in [3.05, 3.63) is 27.3 Å². The van der Waals surface area contributed by atoms with Crippen molar-refractivity contribution in [2.45, 2.75) is 64.0 Å². The van der Waals surface area contributed by atoms with Crippen molar-refractivity contribution in [3.8, 4) is 0 Å². The Morgan fingerprint density at radius 1 is 1.23 bits per heavy atom. The topological polar surface area (TPSA) is 81.3 Å². The van der Waals surface area contributed by atoms with Gasteiger partial charge >= 0.3 is 5.69 Å². The highest BCUT2D eigenvalue weighted by atomic mass is 32.1. The third-order valence-corrected chi connectivity index (χ3v) is 6.75. The quantitative estimate of drug-likeness (QED) is 0.764. The van der Waals surface area contributed by atoms with Gasteiger partial charge in [-0.2, -0.15) is 0 Å². The molecular formula is C18H21N5O2S. The first-order chi connectivity index (χ1) is 12.7. The number of carbonyl (C=O) groups is 1. The Labute approximate surface area is 154 Å². The highest BCUT2D eigenvalue weighted by Gasteiger charge is 2.23. The minimum atomic E-state index is -0.299. The highest BCUT2D eigenvalue weighted by molar-refractivity contribution is 7.19. The van der Waals surface area contributed by atoms with Crippen LogP contribution in [0.15, 0.2) is 11.1 Å². The van der Waals surface area contributed by atoms with Gasteiger partial charge in [0.2, 0.25) is 5.91 Å². The maximum atomic E-state index is 12.7. The van der Waals surface area contributed by atoms with E-state index in [1.165, 1.54) is 25.9 Å². The largest absolute Gasteiger partial charge is 0.352 e. The van der Waals surface area contributed by atoms with Crippen molar-refractivity contribution >= 4 is 33.1 Å². The van der Waals surface area contributed by atoms with E-state index in [-0.39, 0.29) is 24.2 Å². The Hall–Kier alpha value is -2.22. The molecule has 1 saturated carbocycles. The Kier molecular flexibility index (Phi) is 3.81. The standard InChI is InChI=1S/C18H21N5O2S/c24-14(20-11-5-1-2-6-11)9-23-18(25)22-10-19-17-15(16(22)21-23)12-7-3-4-8-13(12)26-17/h10-11H,1-9H2,(H,20,24). The van der Waals surface area contributed by atoms with Crippen molar-refractivity contribution in [1.82, 2.24) is 24.5 Å². The van der Waals surface area contributed by atoms with Crippen molar-refractivity contribution in [3.63, 3.8) is 0 Å². The van der Waals surface area contributed by atoms with Gasteiger partial charge < -0.3 is 5.32 Å². The first-order valence-corrected chi connectivity index (χ1v) is 10.2. The molecule has 0 bridgehead atoms. The van der Waals surface area contributed by atoms with E-state index >= 15 is 0 Å². The molecule has 7 nitrogen and oxygen atoms in total. The van der Waals surface area contributed by atoms with Gasteiger partial charge in [-0.05, 0) is 44.1 Å². The molecule has 0 saturated heterocycles. The lowest BCUT2D eigenvalue weighted by molar-refractivity contribution is -0.122. The molecule has 1 N–H and O–H groups in total. The van der Waals surface area contributed by atoms with Crippen molar-refractivity contribution in [1.29, 1.82) is 0 Å². The summed E-state index contributed by atoms with van der Waals surface area (Å²) in [5.41, 5.74) is 1.63. The molecule has 5 rings (SSSR count). The summed E-state index contributed by atoms with van der Waals surface area (Å²) < 4.78 is 2.75. The van der Waals surface area contributed by atoms with Gasteiger partial charge in [0, 0.05) is 10.9 Å². The Morgan fingerprint density at radius 3 is 2.88 bits per heavy atom. The summed E-state index contributed by atoms with van der Waals surface area (Å²) in [5.74, 6) is -0.140. The molecule has 0 radical (unpaired) electrons. The highest BCUT2D eigenvalue weighted by Crippen LogP contribution is 2.36. The van der Waals surface area contributed by atoms with E-state index in [1.807, 2.05) is 0 Å². The van der Waals surface area contributed by atoms with Gasteiger partial charge in [0.05, 0.1) is 5.39 Å². The number of fused-ring (bicyclic) bond motifs is 5. The maximum Gasteiger partial charge on any atom is 0.352 e. The number of nitrogens with zero attached hydrogens (tertiary/aromatic N) is 4. The van der Waals surface area contributed by atoms with E-state index in [0.717, 1.165) is 55.2 Å². The molecule has 136 valence electrons. The van der Waals surface area contributed by atoms with Crippen LogP contribution in [0.5, 0.6) is 0 Å². The van der Waals surface area contributed by atoms with Crippen LogP contribution >= 0.6 is 11.3 Å². The molecule has 3 heterocycles. The Morgan fingerprint density at radius 2 is 2.04 bits per heavy atom. The number of aromatic nitrogens is 4. The first kappa shape index (κ1) is 16.0. The fourth-order valence-corrected chi connectivity index (χ4v) is 5.48. The normalized spacial score (nSPS) is 17.8. The van der Waals surface area contributed by atoms with Gasteiger partial charge in [-0.15, -0.1) is 16.4 Å². The van der Waals surface area contributed by atoms with E-state index in [4.69, 9.17) is 0 Å². The molecule has 26 heavy (non-hydrogen) atoms. The fourth-order valence-electron chi connectivity index (χ4n) is 4.26. The van der Waals surface area contributed by atoms with Crippen molar-refractivity contribution < 1.29 is 4.79 Å². The minimum absolute atomic E-state index is 0.0369. The van der Waals surface area contributed by atoms with Crippen LogP contribution in [-0.2, 0) is 24.2 Å². The maximum absolute atomic E-state index is 12.7. The number of thiophene rings is 1. The van der Waals surface area contributed by atoms with Crippen LogP contribution < -0.4 is 11.0 Å². The number of nitrogens with one attached hydrogen (secondary N) is 1. The Balaban J connectivity index is 1.53. The van der Waals surface area contributed by atoms with Gasteiger partial charge in [0.1, 0.15) is 17.7 Å². The molecule has 0 atom stereocenters. The average molecular weight is 371 g/mol. The number of aryl methyl sites for hydroxylation is 2. The lowest BCUT2D eigenvalue weighted by atomic mass is 9.97. The van der Waals surface area contributed by atoms with E-state index in [1.54, 1.807) is 17.7 Å². The van der Waals surface area contributed by atoms with E-state index in [2.05, 4.69) is 15.4 Å². The zero-order chi connectivity index (χ0) is 17.7. The molecule has 0 spiro atoms. The third kappa shape index (κ3) is 2.55. The number of amides is 1. The minimum Gasteiger partial charge on any atom is -0.352 e. The van der Waals surface area contributed by atoms with Gasteiger partial charge in [-0.25, -0.2) is 18.9 Å². The first-order valence-electron chi connectivity index (χ1n) is 9.38. The van der Waals surface area contributed by atoms with Crippen LogP contribution in [0.1, 0.15) is 49.0 Å². The van der Waals surface area contributed by atoms with Gasteiger partial charge in [0.15, 0.2) is 5.65 Å². The van der Waals surface area contributed by atoms with Gasteiger partial charge in [0.25, 0.3) is 0 Å². The molecule has 2 aliphatic rings. The molecule has 0 aromatic carbocycles. The second-order valence-corrected chi connectivity index (χ2v) is 8.40. The number of carbonyl (C=O) groups excluding carboxylic acids is 1. The predicted octanol–water partition coefficient (Wildman–Crippen LogP) is 2.04. The van der Waals surface area contributed by atoms with Gasteiger partial charge in [-0.1, -0.05) is 12.8 Å². The number of rotatable bonds is 3. The van der Waals surface area contributed by atoms with Gasteiger partial charge in [-0.3, -0.25) is 4.79 Å². The lowest BCUT2D eigenvalue weighted by Crippen LogP contribution is -2.37. The van der Waals surface area contributed by atoms with Crippen molar-refractivity contribution in [2.75, 3.05) is 0 Å². The summed E-state index contributed by atoms with van der Waals surface area (Å²) in [6.07, 6.45) is 10.4. The van der Waals surface area contributed by atoms with Crippen molar-refractivity contribution in [2.24, 2.45) is 0 Å². The molecule has 3 aromatic heterocycles. The zero-order valence-electron chi connectivity index (χ0n) is 14.5. The predicted molar refractivity (Wildman–Crippen MR) is 99.7 cm³/mol. The van der Waals surface area contributed by atoms with Crippen LogP contribution in [0.25, 0.3) is 15.9 Å². The molecule has 2 aliphatic carbocycles. The van der Waals surface area contributed by atoms with E-state index in [0.29, 0.717) is 5.65 Å². The van der Waals surface area contributed by atoms with Crippen LogP contribution in [0, 0.1) is 0 Å². The number of hydrogen-bond acceptors (Lipinski definition) is 5. The molecule has 8 heteroatoms. The molecule has 1 fully saturated rings. The van der Waals surface area contributed by atoms with Crippen LogP contribution in [-0.4, -0.2) is 31.1 Å². The lowest BCUT2D eigenvalue weighted by Gasteiger charge is -2.11. The van der Waals surface area contributed by atoms with Crippen LogP contribution in [0.2, 0.25) is 0 Å². The Bertz CT molecular complexity index is 1060. The van der Waals surface area contributed by atoms with Crippen LogP contribution in [0.3, 0.4) is 0 Å². The second-order valence-electron chi connectivity index (χ2n) is 7.32. The zero-order valence-corrected chi connectivity index (χ0v) is 15.3. The number of hydrogen-bond donors (Lipinski definition) is 1. The summed E-state index contributed by atoms with van der Waals surface area (Å²) in [6.45, 7) is -0.0369. The summed E-state index contributed by atoms with van der Waals surface area (Å²) in [4.78, 5) is 31.8. The van der Waals surface area contributed by atoms with E-state index in [9.17, 15) is 9.59 Å². The summed E-state index contributed by atoms with van der Waals surface area (Å²) in [5, 5.41) is 8.53.